The Balaban J connectivity index is 1.76. The van der Waals surface area contributed by atoms with Crippen molar-refractivity contribution in [1.82, 2.24) is 15.6 Å². The van der Waals surface area contributed by atoms with E-state index in [1.54, 1.807) is 13.3 Å². The van der Waals surface area contributed by atoms with Gasteiger partial charge in [0.05, 0.1) is 19.1 Å². The van der Waals surface area contributed by atoms with Gasteiger partial charge in [-0.3, -0.25) is 4.79 Å². The minimum absolute atomic E-state index is 0.203. The largest absolute Gasteiger partial charge is 0.497 e. The molecule has 3 N–H and O–H groups in total. The lowest BCUT2D eigenvalue weighted by atomic mass is 10.2. The summed E-state index contributed by atoms with van der Waals surface area (Å²) in [5, 5.41) is 11.7. The van der Waals surface area contributed by atoms with Crippen LogP contribution >= 0.6 is 23.1 Å². The van der Waals surface area contributed by atoms with E-state index in [0.717, 1.165) is 11.3 Å². The van der Waals surface area contributed by atoms with Crippen LogP contribution < -0.4 is 15.9 Å². The van der Waals surface area contributed by atoms with Gasteiger partial charge in [0, 0.05) is 0 Å². The van der Waals surface area contributed by atoms with Crippen LogP contribution in [0.3, 0.4) is 0 Å². The minimum Gasteiger partial charge on any atom is -0.497 e. The molecule has 0 aliphatic heterocycles. The van der Waals surface area contributed by atoms with E-state index < -0.39 is 0 Å². The number of hydrogen-bond acceptors (Lipinski definition) is 8. The van der Waals surface area contributed by atoms with Crippen LogP contribution in [0.25, 0.3) is 0 Å². The maximum absolute atomic E-state index is 11.6. The van der Waals surface area contributed by atoms with Gasteiger partial charge in [0.2, 0.25) is 5.13 Å². The summed E-state index contributed by atoms with van der Waals surface area (Å²) in [5.74, 6) is 0.747. The van der Waals surface area contributed by atoms with E-state index in [9.17, 15) is 4.79 Å². The van der Waals surface area contributed by atoms with Crippen LogP contribution in [0.1, 0.15) is 5.56 Å². The molecular formula is C12H13N5O2S2. The number of ether oxygens (including phenoxy) is 1. The maximum Gasteiger partial charge on any atom is 0.250 e. The fourth-order valence-corrected chi connectivity index (χ4v) is 2.74. The number of carbonyl (C=O) groups excluding carboxylic acids is 1. The molecule has 0 saturated carbocycles. The highest BCUT2D eigenvalue weighted by Gasteiger charge is 2.05. The van der Waals surface area contributed by atoms with Crippen LogP contribution in [-0.4, -0.2) is 35.2 Å². The van der Waals surface area contributed by atoms with Crippen molar-refractivity contribution in [3.8, 4) is 5.75 Å². The monoisotopic (exact) mass is 323 g/mol. The Bertz CT molecular complexity index is 627. The van der Waals surface area contributed by atoms with Crippen molar-refractivity contribution in [1.29, 1.82) is 0 Å². The highest BCUT2D eigenvalue weighted by atomic mass is 32.2. The SMILES string of the molecule is COc1ccc(/C=N/NC(=O)CSc2nnc(N)s2)cc1. The Kier molecular flexibility index (Phi) is 5.52. The second-order valence-electron chi connectivity index (χ2n) is 3.76. The van der Waals surface area contributed by atoms with Crippen molar-refractivity contribution in [2.45, 2.75) is 4.34 Å². The Labute approximate surface area is 129 Å². The molecule has 0 fully saturated rings. The van der Waals surface area contributed by atoms with Crippen LogP contribution in [0, 0.1) is 0 Å². The molecule has 0 bridgehead atoms. The van der Waals surface area contributed by atoms with E-state index >= 15 is 0 Å². The van der Waals surface area contributed by atoms with Gasteiger partial charge in [0.15, 0.2) is 4.34 Å². The van der Waals surface area contributed by atoms with E-state index in [4.69, 9.17) is 10.5 Å². The summed E-state index contributed by atoms with van der Waals surface area (Å²) in [6.45, 7) is 0. The van der Waals surface area contributed by atoms with E-state index in [2.05, 4.69) is 20.7 Å². The molecule has 2 rings (SSSR count). The second kappa shape index (κ2) is 7.60. The number of carbonyl (C=O) groups is 1. The van der Waals surface area contributed by atoms with Crippen LogP contribution in [0.2, 0.25) is 0 Å². The number of hydrazone groups is 1. The number of anilines is 1. The molecule has 0 radical (unpaired) electrons. The topological polar surface area (TPSA) is 102 Å². The lowest BCUT2D eigenvalue weighted by molar-refractivity contribution is -0.118. The van der Waals surface area contributed by atoms with Gasteiger partial charge in [0.1, 0.15) is 5.75 Å². The molecule has 7 nitrogen and oxygen atoms in total. The van der Waals surface area contributed by atoms with E-state index in [0.29, 0.717) is 9.47 Å². The Morgan fingerprint density at radius 3 is 2.86 bits per heavy atom. The van der Waals surface area contributed by atoms with E-state index in [1.807, 2.05) is 24.3 Å². The number of amides is 1. The summed E-state index contributed by atoms with van der Waals surface area (Å²) in [6.07, 6.45) is 1.56. The average Bonchev–Trinajstić information content (AvgIpc) is 2.91. The van der Waals surface area contributed by atoms with Gasteiger partial charge in [-0.2, -0.15) is 5.10 Å². The second-order valence-corrected chi connectivity index (χ2v) is 5.99. The summed E-state index contributed by atoms with van der Waals surface area (Å²) in [7, 11) is 1.60. The number of nitrogens with one attached hydrogen (secondary N) is 1. The van der Waals surface area contributed by atoms with Crippen molar-refractivity contribution >= 4 is 40.4 Å². The van der Waals surface area contributed by atoms with Gasteiger partial charge < -0.3 is 10.5 Å². The third-order valence-corrected chi connectivity index (χ3v) is 4.15. The number of aromatic nitrogens is 2. The summed E-state index contributed by atoms with van der Waals surface area (Å²) in [6, 6.07) is 7.32. The van der Waals surface area contributed by atoms with Crippen molar-refractivity contribution in [2.24, 2.45) is 5.10 Å². The van der Waals surface area contributed by atoms with Crippen molar-refractivity contribution in [2.75, 3.05) is 18.6 Å². The first-order valence-electron chi connectivity index (χ1n) is 5.85. The molecule has 1 amide bonds. The molecule has 0 aliphatic carbocycles. The smallest absolute Gasteiger partial charge is 0.250 e. The zero-order valence-electron chi connectivity index (χ0n) is 11.1. The summed E-state index contributed by atoms with van der Waals surface area (Å²) in [5.41, 5.74) is 8.75. The number of nitrogens with zero attached hydrogens (tertiary/aromatic N) is 3. The quantitative estimate of drug-likeness (QED) is 0.473. The standard InChI is InChI=1S/C12H13N5O2S2/c1-19-9-4-2-8(3-5-9)6-14-15-10(18)7-20-12-17-16-11(13)21-12/h2-6H,7H2,1H3,(H2,13,16)(H,15,18)/b14-6+. The van der Waals surface area contributed by atoms with Crippen LogP contribution in [0.4, 0.5) is 5.13 Å². The molecule has 9 heteroatoms. The van der Waals surface area contributed by atoms with E-state index in [1.165, 1.54) is 23.1 Å². The number of thioether (sulfide) groups is 1. The molecule has 0 aliphatic rings. The lowest BCUT2D eigenvalue weighted by Gasteiger charge is -1.99. The van der Waals surface area contributed by atoms with Crippen molar-refractivity contribution in [3.05, 3.63) is 29.8 Å². The number of rotatable bonds is 6. The maximum atomic E-state index is 11.6. The van der Waals surface area contributed by atoms with Crippen molar-refractivity contribution < 1.29 is 9.53 Å². The molecule has 0 atom stereocenters. The lowest BCUT2D eigenvalue weighted by Crippen LogP contribution is -2.19. The summed E-state index contributed by atoms with van der Waals surface area (Å²) < 4.78 is 5.71. The van der Waals surface area contributed by atoms with E-state index in [-0.39, 0.29) is 11.7 Å². The first kappa shape index (κ1) is 15.3. The molecule has 0 unspecified atom stereocenters. The number of methoxy groups -OCH3 is 1. The fraction of sp³-hybridized carbons (Fsp3) is 0.167. The van der Waals surface area contributed by atoms with Crippen LogP contribution in [0.5, 0.6) is 5.75 Å². The van der Waals surface area contributed by atoms with Gasteiger partial charge in [-0.15, -0.1) is 10.2 Å². The molecule has 0 saturated heterocycles. The number of nitrogens with two attached hydrogens (primary N) is 1. The van der Waals surface area contributed by atoms with Gasteiger partial charge in [-0.1, -0.05) is 23.1 Å². The number of benzene rings is 1. The average molecular weight is 323 g/mol. The normalized spacial score (nSPS) is 10.7. The summed E-state index contributed by atoms with van der Waals surface area (Å²) in [4.78, 5) is 11.6. The van der Waals surface area contributed by atoms with Crippen molar-refractivity contribution in [3.63, 3.8) is 0 Å². The number of hydrogen-bond donors (Lipinski definition) is 2. The molecule has 1 aromatic heterocycles. The Morgan fingerprint density at radius 2 is 2.24 bits per heavy atom. The molecule has 110 valence electrons. The highest BCUT2D eigenvalue weighted by molar-refractivity contribution is 8.01. The predicted molar refractivity (Wildman–Crippen MR) is 83.8 cm³/mol. The highest BCUT2D eigenvalue weighted by Crippen LogP contribution is 2.22. The fourth-order valence-electron chi connectivity index (χ4n) is 1.31. The molecular weight excluding hydrogens is 310 g/mol. The predicted octanol–water partition coefficient (Wildman–Crippen LogP) is 1.37. The van der Waals surface area contributed by atoms with Gasteiger partial charge in [-0.05, 0) is 29.8 Å². The molecule has 21 heavy (non-hydrogen) atoms. The third-order valence-electron chi connectivity index (χ3n) is 2.27. The minimum atomic E-state index is -0.224. The van der Waals surface area contributed by atoms with Crippen LogP contribution in [-0.2, 0) is 4.79 Å². The Morgan fingerprint density at radius 1 is 1.48 bits per heavy atom. The number of nitrogen functional groups attached to an aromatic ring is 1. The molecule has 2 aromatic rings. The molecule has 1 heterocycles. The van der Waals surface area contributed by atoms with Gasteiger partial charge >= 0.3 is 0 Å². The first-order valence-corrected chi connectivity index (χ1v) is 7.65. The molecule has 1 aromatic carbocycles. The molecule has 0 spiro atoms. The van der Waals surface area contributed by atoms with Gasteiger partial charge in [-0.25, -0.2) is 5.43 Å². The Hall–Kier alpha value is -2.13. The van der Waals surface area contributed by atoms with Gasteiger partial charge in [0.25, 0.3) is 5.91 Å². The zero-order chi connectivity index (χ0) is 15.1. The zero-order valence-corrected chi connectivity index (χ0v) is 12.8. The first-order chi connectivity index (χ1) is 10.2. The third kappa shape index (κ3) is 5.04. The van der Waals surface area contributed by atoms with Crippen LogP contribution in [0.15, 0.2) is 33.7 Å². The summed E-state index contributed by atoms with van der Waals surface area (Å²) >= 11 is 2.51.